The number of H-pyrrole nitrogens is 1. The molecule has 7 heteroatoms. The Balaban J connectivity index is 1.56. The van der Waals surface area contributed by atoms with Gasteiger partial charge in [0.15, 0.2) is 9.84 Å². The summed E-state index contributed by atoms with van der Waals surface area (Å²) >= 11 is 5.76. The number of fused-ring (bicyclic) bond motifs is 1. The van der Waals surface area contributed by atoms with Crippen LogP contribution in [0.25, 0.3) is 10.9 Å². The Bertz CT molecular complexity index is 995. The summed E-state index contributed by atoms with van der Waals surface area (Å²) in [5.74, 6) is -0.370. The molecule has 0 radical (unpaired) electrons. The van der Waals surface area contributed by atoms with E-state index in [0.29, 0.717) is 5.02 Å². The van der Waals surface area contributed by atoms with Crippen molar-refractivity contribution in [3.05, 3.63) is 65.3 Å². The first kappa shape index (κ1) is 17.5. The largest absolute Gasteiger partial charge is 0.361 e. The molecule has 2 aromatic carbocycles. The summed E-state index contributed by atoms with van der Waals surface area (Å²) in [7, 11) is -3.45. The Morgan fingerprint density at radius 1 is 1.08 bits per heavy atom. The minimum Gasteiger partial charge on any atom is -0.361 e. The number of hydrogen-bond donors (Lipinski definition) is 2. The van der Waals surface area contributed by atoms with Crippen molar-refractivity contribution < 1.29 is 13.2 Å². The smallest absolute Gasteiger partial charge is 0.224 e. The first-order valence-electron chi connectivity index (χ1n) is 7.76. The van der Waals surface area contributed by atoms with Crippen LogP contribution in [-0.2, 0) is 21.1 Å². The van der Waals surface area contributed by atoms with Gasteiger partial charge in [0, 0.05) is 28.7 Å². The molecule has 2 N–H and O–H groups in total. The van der Waals surface area contributed by atoms with E-state index >= 15 is 0 Å². The van der Waals surface area contributed by atoms with E-state index in [1.165, 1.54) is 24.3 Å². The fourth-order valence-corrected chi connectivity index (χ4v) is 3.88. The number of amides is 1. The van der Waals surface area contributed by atoms with Gasteiger partial charge in [-0.2, -0.15) is 0 Å². The Kier molecular flexibility index (Phi) is 5.11. The molecular weight excluding hydrogens is 360 g/mol. The lowest BCUT2D eigenvalue weighted by Gasteiger charge is -2.07. The lowest BCUT2D eigenvalue weighted by atomic mass is 10.1. The molecule has 0 unspecified atom stereocenters. The predicted octanol–water partition coefficient (Wildman–Crippen LogP) is 2.95. The molecule has 0 spiro atoms. The normalized spacial score (nSPS) is 11.6. The number of hydrogen-bond acceptors (Lipinski definition) is 3. The third kappa shape index (κ3) is 4.21. The van der Waals surface area contributed by atoms with Crippen LogP contribution in [0.3, 0.4) is 0 Å². The maximum atomic E-state index is 12.2. The van der Waals surface area contributed by atoms with Gasteiger partial charge in [0.25, 0.3) is 0 Å². The molecule has 25 heavy (non-hydrogen) atoms. The molecule has 0 saturated heterocycles. The van der Waals surface area contributed by atoms with Crippen LogP contribution in [0.2, 0.25) is 5.02 Å². The minimum atomic E-state index is -3.45. The zero-order valence-corrected chi connectivity index (χ0v) is 14.9. The van der Waals surface area contributed by atoms with Gasteiger partial charge in [0.2, 0.25) is 5.91 Å². The molecule has 1 aromatic heterocycles. The molecule has 0 saturated carbocycles. The number of rotatable bonds is 6. The van der Waals surface area contributed by atoms with E-state index in [4.69, 9.17) is 11.6 Å². The molecule has 1 amide bonds. The number of para-hydroxylation sites is 1. The van der Waals surface area contributed by atoms with Gasteiger partial charge in [-0.25, -0.2) is 8.42 Å². The van der Waals surface area contributed by atoms with Crippen molar-refractivity contribution in [3.8, 4) is 0 Å². The van der Waals surface area contributed by atoms with Crippen molar-refractivity contribution in [2.45, 2.75) is 11.3 Å². The zero-order chi connectivity index (χ0) is 17.9. The van der Waals surface area contributed by atoms with Crippen LogP contribution < -0.4 is 5.32 Å². The van der Waals surface area contributed by atoms with Gasteiger partial charge < -0.3 is 10.3 Å². The molecule has 0 atom stereocenters. The number of carbonyl (C=O) groups excluding carboxylic acids is 1. The summed E-state index contributed by atoms with van der Waals surface area (Å²) in [4.78, 5) is 15.4. The number of sulfone groups is 1. The Morgan fingerprint density at radius 3 is 2.56 bits per heavy atom. The van der Waals surface area contributed by atoms with Crippen molar-refractivity contribution in [3.63, 3.8) is 0 Å². The topological polar surface area (TPSA) is 79.0 Å². The van der Waals surface area contributed by atoms with E-state index in [1.54, 1.807) is 6.20 Å². The molecule has 3 aromatic rings. The molecule has 0 fully saturated rings. The van der Waals surface area contributed by atoms with Gasteiger partial charge in [0.05, 0.1) is 17.1 Å². The van der Waals surface area contributed by atoms with Crippen molar-refractivity contribution >= 4 is 38.2 Å². The van der Waals surface area contributed by atoms with Crippen molar-refractivity contribution in [2.24, 2.45) is 0 Å². The van der Waals surface area contributed by atoms with Gasteiger partial charge in [-0.05, 0) is 35.9 Å². The second-order valence-electron chi connectivity index (χ2n) is 5.66. The van der Waals surface area contributed by atoms with Crippen molar-refractivity contribution in [1.29, 1.82) is 0 Å². The van der Waals surface area contributed by atoms with E-state index in [0.717, 1.165) is 16.5 Å². The second-order valence-corrected chi connectivity index (χ2v) is 8.20. The highest BCUT2D eigenvalue weighted by molar-refractivity contribution is 7.91. The Hall–Kier alpha value is -2.31. The van der Waals surface area contributed by atoms with E-state index < -0.39 is 9.84 Å². The summed E-state index contributed by atoms with van der Waals surface area (Å²) in [5, 5.41) is 4.13. The Morgan fingerprint density at radius 2 is 1.80 bits per heavy atom. The molecule has 0 aliphatic carbocycles. The first-order chi connectivity index (χ1) is 12.0. The standard InChI is InChI=1S/C18H17ClN2O3S/c19-14-5-7-15(8-6-14)25(23,24)10-9-20-18(22)11-13-12-21-17-4-2-1-3-16(13)17/h1-8,12,21H,9-11H2,(H,20,22). The first-order valence-corrected chi connectivity index (χ1v) is 9.79. The molecule has 5 nitrogen and oxygen atoms in total. The highest BCUT2D eigenvalue weighted by atomic mass is 35.5. The number of aromatic nitrogens is 1. The van der Waals surface area contributed by atoms with Crippen LogP contribution in [0.15, 0.2) is 59.6 Å². The SMILES string of the molecule is O=C(Cc1c[nH]c2ccccc12)NCCS(=O)(=O)c1ccc(Cl)cc1. The molecule has 3 rings (SSSR count). The molecule has 130 valence electrons. The van der Waals surface area contributed by atoms with Gasteiger partial charge in [0.1, 0.15) is 0 Å². The second kappa shape index (κ2) is 7.29. The van der Waals surface area contributed by atoms with Crippen LogP contribution in [0.4, 0.5) is 0 Å². The number of nitrogens with one attached hydrogen (secondary N) is 2. The third-order valence-corrected chi connectivity index (χ3v) is 5.88. The van der Waals surface area contributed by atoms with Gasteiger partial charge in [-0.15, -0.1) is 0 Å². The van der Waals surface area contributed by atoms with E-state index in [2.05, 4.69) is 10.3 Å². The number of aromatic amines is 1. The van der Waals surface area contributed by atoms with Gasteiger partial charge >= 0.3 is 0 Å². The van der Waals surface area contributed by atoms with E-state index in [1.807, 2.05) is 24.3 Å². The summed E-state index contributed by atoms with van der Waals surface area (Å²) in [6.07, 6.45) is 2.00. The van der Waals surface area contributed by atoms with Gasteiger partial charge in [-0.1, -0.05) is 29.8 Å². The Labute approximate surface area is 150 Å². The maximum absolute atomic E-state index is 12.2. The predicted molar refractivity (Wildman–Crippen MR) is 98.5 cm³/mol. The summed E-state index contributed by atoms with van der Waals surface area (Å²) in [6, 6.07) is 13.7. The highest BCUT2D eigenvalue weighted by Crippen LogP contribution is 2.18. The lowest BCUT2D eigenvalue weighted by Crippen LogP contribution is -2.30. The fourth-order valence-electron chi connectivity index (χ4n) is 2.60. The number of benzene rings is 2. The fraction of sp³-hybridized carbons (Fsp3) is 0.167. The van der Waals surface area contributed by atoms with E-state index in [9.17, 15) is 13.2 Å². The molecule has 0 bridgehead atoms. The van der Waals surface area contributed by atoms with Crippen molar-refractivity contribution in [1.82, 2.24) is 10.3 Å². The summed E-state index contributed by atoms with van der Waals surface area (Å²) in [6.45, 7) is 0.0617. The van der Waals surface area contributed by atoms with E-state index in [-0.39, 0.29) is 29.5 Å². The molecular formula is C18H17ClN2O3S. The van der Waals surface area contributed by atoms with Crippen LogP contribution in [0.5, 0.6) is 0 Å². The molecule has 0 aliphatic heterocycles. The summed E-state index contributed by atoms with van der Waals surface area (Å²) < 4.78 is 24.4. The molecule has 0 aliphatic rings. The zero-order valence-electron chi connectivity index (χ0n) is 13.3. The third-order valence-electron chi connectivity index (χ3n) is 3.89. The highest BCUT2D eigenvalue weighted by Gasteiger charge is 2.15. The van der Waals surface area contributed by atoms with Gasteiger partial charge in [-0.3, -0.25) is 4.79 Å². The summed E-state index contributed by atoms with van der Waals surface area (Å²) in [5.41, 5.74) is 1.85. The quantitative estimate of drug-likeness (QED) is 0.694. The monoisotopic (exact) mass is 376 g/mol. The van der Waals surface area contributed by atoms with Crippen LogP contribution in [0, 0.1) is 0 Å². The average molecular weight is 377 g/mol. The maximum Gasteiger partial charge on any atom is 0.224 e. The van der Waals surface area contributed by atoms with Crippen molar-refractivity contribution in [2.75, 3.05) is 12.3 Å². The molecule has 1 heterocycles. The lowest BCUT2D eigenvalue weighted by molar-refractivity contribution is -0.120. The van der Waals surface area contributed by atoms with Crippen LogP contribution in [0.1, 0.15) is 5.56 Å². The average Bonchev–Trinajstić information content (AvgIpc) is 2.98. The number of halogens is 1. The number of carbonyl (C=O) groups is 1. The minimum absolute atomic E-state index is 0.0617. The van der Waals surface area contributed by atoms with Crippen LogP contribution in [-0.4, -0.2) is 31.6 Å². The van der Waals surface area contributed by atoms with Crippen LogP contribution >= 0.6 is 11.6 Å².